The van der Waals surface area contributed by atoms with Gasteiger partial charge in [-0.05, 0) is 32.0 Å². The molecule has 13 heavy (non-hydrogen) atoms. The van der Waals surface area contributed by atoms with Crippen LogP contribution in [-0.4, -0.2) is 42.9 Å². The van der Waals surface area contributed by atoms with Gasteiger partial charge in [0.1, 0.15) is 0 Å². The number of hydrogen-bond acceptors (Lipinski definition) is 2. The van der Waals surface area contributed by atoms with Crippen molar-refractivity contribution in [3.63, 3.8) is 0 Å². The molecule has 1 aliphatic heterocycles. The van der Waals surface area contributed by atoms with Crippen LogP contribution in [0.25, 0.3) is 0 Å². The third kappa shape index (κ3) is 3.12. The lowest BCUT2D eigenvalue weighted by atomic mass is 10.1. The lowest BCUT2D eigenvalue weighted by molar-refractivity contribution is 0.0269. The molecule has 0 unspecified atom stereocenters. The zero-order chi connectivity index (χ0) is 9.68. The first-order chi connectivity index (χ1) is 6.27. The number of thiocarbonyl (C=S) groups is 1. The van der Waals surface area contributed by atoms with Gasteiger partial charge in [0.25, 0.3) is 0 Å². The highest BCUT2D eigenvalue weighted by atomic mass is 32.1. The molecule has 0 atom stereocenters. The molecule has 1 fully saturated rings. The number of nitrogens with zero attached hydrogens (tertiary/aromatic N) is 1. The average molecular weight is 202 g/mol. The van der Waals surface area contributed by atoms with Crippen molar-refractivity contribution in [2.24, 2.45) is 0 Å². The van der Waals surface area contributed by atoms with Crippen molar-refractivity contribution in [1.82, 2.24) is 10.2 Å². The second kappa shape index (κ2) is 5.40. The van der Waals surface area contributed by atoms with E-state index >= 15 is 0 Å². The predicted molar refractivity (Wildman–Crippen MR) is 57.9 cm³/mol. The topological polar surface area (TPSA) is 24.5 Å². The van der Waals surface area contributed by atoms with Crippen LogP contribution in [0, 0.1) is 0 Å². The molecule has 3 nitrogen and oxygen atoms in total. The summed E-state index contributed by atoms with van der Waals surface area (Å²) in [6.07, 6.45) is 2.63. The number of nitrogens with one attached hydrogen (secondary N) is 1. The predicted octanol–water partition coefficient (Wildman–Crippen LogP) is 0.992. The summed E-state index contributed by atoms with van der Waals surface area (Å²) in [5, 5.41) is 3.85. The molecule has 1 aliphatic rings. The second-order valence-corrected chi connectivity index (χ2v) is 3.58. The van der Waals surface area contributed by atoms with Gasteiger partial charge in [0.05, 0.1) is 6.10 Å². The van der Waals surface area contributed by atoms with Gasteiger partial charge in [-0.25, -0.2) is 0 Å². The van der Waals surface area contributed by atoms with E-state index in [1.165, 1.54) is 0 Å². The average Bonchev–Trinajstić information content (AvgIpc) is 2.18. The zero-order valence-corrected chi connectivity index (χ0v) is 9.19. The molecule has 0 aromatic rings. The molecule has 0 bridgehead atoms. The van der Waals surface area contributed by atoms with E-state index in [9.17, 15) is 0 Å². The highest BCUT2D eigenvalue weighted by Gasteiger charge is 2.19. The van der Waals surface area contributed by atoms with Crippen molar-refractivity contribution >= 4 is 17.3 Å². The first kappa shape index (κ1) is 10.7. The van der Waals surface area contributed by atoms with Gasteiger partial charge in [0.2, 0.25) is 0 Å². The van der Waals surface area contributed by atoms with Gasteiger partial charge >= 0.3 is 0 Å². The quantitative estimate of drug-likeness (QED) is 0.675. The fourth-order valence-electron chi connectivity index (χ4n) is 1.62. The molecule has 76 valence electrons. The first-order valence-electron chi connectivity index (χ1n) is 4.86. The minimum absolute atomic E-state index is 0.445. The van der Waals surface area contributed by atoms with Crippen LogP contribution < -0.4 is 5.32 Å². The van der Waals surface area contributed by atoms with E-state index in [-0.39, 0.29) is 0 Å². The van der Waals surface area contributed by atoms with Crippen LogP contribution in [0.1, 0.15) is 19.8 Å². The van der Waals surface area contributed by atoms with Gasteiger partial charge in [-0.15, -0.1) is 0 Å². The number of ether oxygens (including phenoxy) is 1. The van der Waals surface area contributed by atoms with Gasteiger partial charge in [-0.3, -0.25) is 0 Å². The van der Waals surface area contributed by atoms with Gasteiger partial charge in [0, 0.05) is 26.7 Å². The van der Waals surface area contributed by atoms with E-state index in [2.05, 4.69) is 10.2 Å². The van der Waals surface area contributed by atoms with Crippen LogP contribution >= 0.6 is 12.2 Å². The van der Waals surface area contributed by atoms with Crippen LogP contribution in [0.4, 0.5) is 0 Å². The van der Waals surface area contributed by atoms with E-state index in [1.54, 1.807) is 0 Å². The Balaban J connectivity index is 2.26. The summed E-state index contributed by atoms with van der Waals surface area (Å²) in [5.74, 6) is 0. The summed E-state index contributed by atoms with van der Waals surface area (Å²) < 4.78 is 5.55. The molecule has 0 radical (unpaired) electrons. The molecular formula is C9H18N2OS. The maximum Gasteiger partial charge on any atom is 0.168 e. The molecule has 0 amide bonds. The third-order valence-corrected chi connectivity index (χ3v) is 2.81. The van der Waals surface area contributed by atoms with Crippen molar-refractivity contribution in [3.05, 3.63) is 0 Å². The number of rotatable bonds is 2. The fraction of sp³-hybridized carbons (Fsp3) is 0.889. The van der Waals surface area contributed by atoms with Crippen LogP contribution in [0.3, 0.4) is 0 Å². The lowest BCUT2D eigenvalue weighted by Crippen LogP contribution is -2.44. The summed E-state index contributed by atoms with van der Waals surface area (Å²) in [7, 11) is 1.87. The Kier molecular flexibility index (Phi) is 4.45. The smallest absolute Gasteiger partial charge is 0.168 e. The molecule has 0 saturated carbocycles. The maximum atomic E-state index is 5.55. The summed E-state index contributed by atoms with van der Waals surface area (Å²) in [6.45, 7) is 4.90. The SMILES string of the molecule is CCOC1CCN(C(=S)NC)CC1. The minimum Gasteiger partial charge on any atom is -0.378 e. The van der Waals surface area contributed by atoms with Crippen molar-refractivity contribution in [3.8, 4) is 0 Å². The van der Waals surface area contributed by atoms with Crippen molar-refractivity contribution < 1.29 is 4.74 Å². The molecule has 1 rings (SSSR count). The van der Waals surface area contributed by atoms with E-state index in [1.807, 2.05) is 14.0 Å². The van der Waals surface area contributed by atoms with Gasteiger partial charge in [0.15, 0.2) is 5.11 Å². The number of piperidine rings is 1. The Labute approximate surface area is 85.4 Å². The van der Waals surface area contributed by atoms with Crippen LogP contribution in [0.5, 0.6) is 0 Å². The summed E-state index contributed by atoms with van der Waals surface area (Å²) in [6, 6.07) is 0. The molecule has 0 aliphatic carbocycles. The molecule has 1 saturated heterocycles. The maximum absolute atomic E-state index is 5.55. The minimum atomic E-state index is 0.445. The van der Waals surface area contributed by atoms with E-state index in [0.717, 1.165) is 37.7 Å². The number of hydrogen-bond donors (Lipinski definition) is 1. The molecule has 0 spiro atoms. The Morgan fingerprint density at radius 2 is 2.15 bits per heavy atom. The molecule has 1 heterocycles. The van der Waals surface area contributed by atoms with Gasteiger partial charge < -0.3 is 15.0 Å². The molecule has 0 aromatic heterocycles. The summed E-state index contributed by atoms with van der Waals surface area (Å²) in [5.41, 5.74) is 0. The number of likely N-dealkylation sites (tertiary alicyclic amines) is 1. The lowest BCUT2D eigenvalue weighted by Gasteiger charge is -2.33. The molecular weight excluding hydrogens is 184 g/mol. The van der Waals surface area contributed by atoms with Gasteiger partial charge in [-0.2, -0.15) is 0 Å². The molecule has 1 N–H and O–H groups in total. The molecule has 0 aromatic carbocycles. The highest BCUT2D eigenvalue weighted by Crippen LogP contribution is 2.13. The normalized spacial score (nSPS) is 18.8. The Hall–Kier alpha value is -0.350. The Morgan fingerprint density at radius 1 is 1.54 bits per heavy atom. The second-order valence-electron chi connectivity index (χ2n) is 3.20. The van der Waals surface area contributed by atoms with E-state index < -0.39 is 0 Å². The van der Waals surface area contributed by atoms with Crippen LogP contribution in [0.2, 0.25) is 0 Å². The van der Waals surface area contributed by atoms with Gasteiger partial charge in [-0.1, -0.05) is 0 Å². The van der Waals surface area contributed by atoms with Crippen LogP contribution in [0.15, 0.2) is 0 Å². The largest absolute Gasteiger partial charge is 0.378 e. The van der Waals surface area contributed by atoms with Crippen molar-refractivity contribution in [2.45, 2.75) is 25.9 Å². The monoisotopic (exact) mass is 202 g/mol. The standard InChI is InChI=1S/C9H18N2OS/c1-3-12-8-4-6-11(7-5-8)9(13)10-2/h8H,3-7H2,1-2H3,(H,10,13). The van der Waals surface area contributed by atoms with Crippen molar-refractivity contribution in [2.75, 3.05) is 26.7 Å². The van der Waals surface area contributed by atoms with E-state index in [0.29, 0.717) is 6.10 Å². The molecule has 4 heteroatoms. The third-order valence-electron chi connectivity index (χ3n) is 2.35. The van der Waals surface area contributed by atoms with E-state index in [4.69, 9.17) is 17.0 Å². The van der Waals surface area contributed by atoms with Crippen molar-refractivity contribution in [1.29, 1.82) is 0 Å². The zero-order valence-electron chi connectivity index (χ0n) is 8.38. The summed E-state index contributed by atoms with van der Waals surface area (Å²) in [4.78, 5) is 2.20. The Morgan fingerprint density at radius 3 is 2.62 bits per heavy atom. The highest BCUT2D eigenvalue weighted by molar-refractivity contribution is 7.80. The first-order valence-corrected chi connectivity index (χ1v) is 5.27. The fourth-order valence-corrected chi connectivity index (χ4v) is 1.80. The summed E-state index contributed by atoms with van der Waals surface area (Å²) >= 11 is 5.15. The Bertz CT molecular complexity index is 167. The van der Waals surface area contributed by atoms with Crippen LogP contribution in [-0.2, 0) is 4.74 Å².